The van der Waals surface area contributed by atoms with Crippen LogP contribution in [0.2, 0.25) is 0 Å². The number of nitrogens with zero attached hydrogens (tertiary/aromatic N) is 4. The van der Waals surface area contributed by atoms with Gasteiger partial charge in [-0.2, -0.15) is 5.10 Å². The van der Waals surface area contributed by atoms with Crippen molar-refractivity contribution in [3.8, 4) is 5.88 Å². The largest absolute Gasteiger partial charge is 0.494 e. The maximum Gasteiger partial charge on any atom is 0.248 e. The van der Waals surface area contributed by atoms with E-state index in [2.05, 4.69) is 10.4 Å². The molecule has 1 fully saturated rings. The molecular formula is C23H37N5O3. The van der Waals surface area contributed by atoms with Gasteiger partial charge in [-0.15, -0.1) is 0 Å². The Morgan fingerprint density at radius 1 is 1.35 bits per heavy atom. The van der Waals surface area contributed by atoms with Gasteiger partial charge in [0.25, 0.3) is 0 Å². The number of nitrogens with one attached hydrogen (secondary N) is 1. The third-order valence-electron chi connectivity index (χ3n) is 6.09. The Morgan fingerprint density at radius 2 is 2.06 bits per heavy atom. The van der Waals surface area contributed by atoms with Crippen LogP contribution in [-0.4, -0.2) is 49.7 Å². The molecule has 0 spiro atoms. The lowest BCUT2D eigenvalue weighted by molar-refractivity contribution is -0.120. The topological polar surface area (TPSA) is 95.5 Å². The van der Waals surface area contributed by atoms with E-state index >= 15 is 0 Å². The number of aromatic hydroxyl groups is 1. The van der Waals surface area contributed by atoms with Crippen molar-refractivity contribution in [2.75, 3.05) is 23.8 Å². The second-order valence-electron chi connectivity index (χ2n) is 9.43. The molecule has 1 saturated carbocycles. The van der Waals surface area contributed by atoms with Crippen molar-refractivity contribution in [3.05, 3.63) is 24.5 Å². The summed E-state index contributed by atoms with van der Waals surface area (Å²) in [7, 11) is 1.96. The third-order valence-corrected chi connectivity index (χ3v) is 6.09. The van der Waals surface area contributed by atoms with E-state index in [0.717, 1.165) is 25.1 Å². The molecule has 0 aliphatic heterocycles. The first-order valence-corrected chi connectivity index (χ1v) is 11.3. The number of anilines is 2. The van der Waals surface area contributed by atoms with Crippen LogP contribution in [0.1, 0.15) is 65.3 Å². The molecule has 1 aliphatic rings. The number of hydrogen-bond acceptors (Lipinski definition) is 5. The van der Waals surface area contributed by atoms with Crippen LogP contribution < -0.4 is 10.2 Å². The summed E-state index contributed by atoms with van der Waals surface area (Å²) in [6.45, 7) is 6.62. The van der Waals surface area contributed by atoms with E-state index < -0.39 is 11.6 Å². The van der Waals surface area contributed by atoms with Crippen LogP contribution in [0.4, 0.5) is 11.5 Å². The molecule has 0 saturated heterocycles. The van der Waals surface area contributed by atoms with Crippen molar-refractivity contribution in [3.63, 3.8) is 0 Å². The summed E-state index contributed by atoms with van der Waals surface area (Å²) in [5.41, 5.74) is -0.00831. The molecule has 8 nitrogen and oxygen atoms in total. The van der Waals surface area contributed by atoms with Gasteiger partial charge in [0.15, 0.2) is 11.7 Å². The Kier molecular flexibility index (Phi) is 7.30. The molecule has 2 aromatic rings. The van der Waals surface area contributed by atoms with Crippen molar-refractivity contribution in [2.24, 2.45) is 5.92 Å². The average Bonchev–Trinajstić information content (AvgIpc) is 3.31. The zero-order chi connectivity index (χ0) is 22.6. The Morgan fingerprint density at radius 3 is 2.71 bits per heavy atom. The number of aliphatic hydroxyl groups is 1. The van der Waals surface area contributed by atoms with Crippen LogP contribution in [0, 0.1) is 5.92 Å². The Balaban J connectivity index is 1.80. The van der Waals surface area contributed by atoms with Crippen molar-refractivity contribution in [1.82, 2.24) is 14.3 Å². The monoisotopic (exact) mass is 431 g/mol. The molecule has 172 valence electrons. The van der Waals surface area contributed by atoms with Crippen molar-refractivity contribution in [2.45, 2.75) is 77.5 Å². The standard InChI is InChI=1S/C23H37N5O3/c1-5-26(4)18-14-21(29)28(15-18)19(13-17-9-7-6-8-10-17)22(30)24-20-11-12-27(25-20)16-23(2,3)31/h11-12,14-15,17,19,29,31H,5-10,13,16H2,1-4H3,(H,24,25,30)/t19-/m0/s1. The van der Waals surface area contributed by atoms with Gasteiger partial charge in [-0.05, 0) is 33.1 Å². The van der Waals surface area contributed by atoms with E-state index in [1.165, 1.54) is 19.3 Å². The SMILES string of the molecule is CCN(C)c1cc(O)n([C@@H](CC2CCCCC2)C(=O)Nc2ccn(CC(C)(C)O)n2)c1. The number of hydrogen-bond donors (Lipinski definition) is 3. The molecule has 3 rings (SSSR count). The van der Waals surface area contributed by atoms with Crippen LogP contribution in [0.3, 0.4) is 0 Å². The zero-order valence-corrected chi connectivity index (χ0v) is 19.2. The van der Waals surface area contributed by atoms with Gasteiger partial charge in [0.1, 0.15) is 6.04 Å². The molecule has 0 aromatic carbocycles. The Hall–Kier alpha value is -2.48. The summed E-state index contributed by atoms with van der Waals surface area (Å²) in [6, 6.07) is 2.93. The van der Waals surface area contributed by atoms with Gasteiger partial charge in [0.2, 0.25) is 5.91 Å². The molecule has 2 aromatic heterocycles. The zero-order valence-electron chi connectivity index (χ0n) is 19.2. The van der Waals surface area contributed by atoms with E-state index in [0.29, 0.717) is 24.7 Å². The minimum Gasteiger partial charge on any atom is -0.494 e. The summed E-state index contributed by atoms with van der Waals surface area (Å²) in [6.07, 6.45) is 10.2. The highest BCUT2D eigenvalue weighted by Gasteiger charge is 2.28. The van der Waals surface area contributed by atoms with E-state index in [1.54, 1.807) is 41.4 Å². The highest BCUT2D eigenvalue weighted by atomic mass is 16.3. The van der Waals surface area contributed by atoms with Gasteiger partial charge < -0.3 is 25.0 Å². The quantitative estimate of drug-likeness (QED) is 0.562. The van der Waals surface area contributed by atoms with Crippen LogP contribution in [0.5, 0.6) is 5.88 Å². The lowest BCUT2D eigenvalue weighted by atomic mass is 9.84. The van der Waals surface area contributed by atoms with Crippen molar-refractivity contribution in [1.29, 1.82) is 0 Å². The Bertz CT molecular complexity index is 861. The minimum atomic E-state index is -0.893. The van der Waals surface area contributed by atoms with Crippen LogP contribution >= 0.6 is 0 Å². The van der Waals surface area contributed by atoms with Gasteiger partial charge in [-0.25, -0.2) is 0 Å². The highest BCUT2D eigenvalue weighted by molar-refractivity contribution is 5.93. The van der Waals surface area contributed by atoms with E-state index in [-0.39, 0.29) is 11.8 Å². The normalized spacial score (nSPS) is 16.3. The van der Waals surface area contributed by atoms with Crippen LogP contribution in [0.25, 0.3) is 0 Å². The molecule has 0 unspecified atom stereocenters. The number of carbonyl (C=O) groups is 1. The fourth-order valence-corrected chi connectivity index (χ4v) is 4.30. The molecule has 0 radical (unpaired) electrons. The number of carbonyl (C=O) groups excluding carboxylic acids is 1. The second kappa shape index (κ2) is 9.77. The number of aromatic nitrogens is 3. The molecule has 1 amide bonds. The van der Waals surface area contributed by atoms with Crippen molar-refractivity contribution < 1.29 is 15.0 Å². The molecule has 0 bridgehead atoms. The molecule has 3 N–H and O–H groups in total. The first-order valence-electron chi connectivity index (χ1n) is 11.3. The van der Waals surface area contributed by atoms with Gasteiger partial charge in [0, 0.05) is 38.1 Å². The summed E-state index contributed by atoms with van der Waals surface area (Å²) < 4.78 is 3.31. The molecule has 2 heterocycles. The summed E-state index contributed by atoms with van der Waals surface area (Å²) in [4.78, 5) is 15.4. The number of amides is 1. The van der Waals surface area contributed by atoms with Crippen LogP contribution in [0.15, 0.2) is 24.5 Å². The third kappa shape index (κ3) is 6.26. The summed E-state index contributed by atoms with van der Waals surface area (Å²) in [5, 5.41) is 27.9. The fourth-order valence-electron chi connectivity index (χ4n) is 4.30. The Labute approximate surface area is 184 Å². The number of rotatable bonds is 9. The van der Waals surface area contributed by atoms with Gasteiger partial charge in [0.05, 0.1) is 17.8 Å². The maximum atomic E-state index is 13.3. The first kappa shape index (κ1) is 23.2. The lowest BCUT2D eigenvalue weighted by Crippen LogP contribution is -2.29. The molecule has 31 heavy (non-hydrogen) atoms. The minimum absolute atomic E-state index is 0.0961. The summed E-state index contributed by atoms with van der Waals surface area (Å²) >= 11 is 0. The smallest absolute Gasteiger partial charge is 0.248 e. The average molecular weight is 432 g/mol. The van der Waals surface area contributed by atoms with E-state index in [4.69, 9.17) is 0 Å². The van der Waals surface area contributed by atoms with Gasteiger partial charge in [-0.1, -0.05) is 32.1 Å². The van der Waals surface area contributed by atoms with E-state index in [1.807, 2.05) is 25.1 Å². The maximum absolute atomic E-state index is 13.3. The van der Waals surface area contributed by atoms with Gasteiger partial charge >= 0.3 is 0 Å². The first-order chi connectivity index (χ1) is 14.7. The van der Waals surface area contributed by atoms with E-state index in [9.17, 15) is 15.0 Å². The van der Waals surface area contributed by atoms with Crippen molar-refractivity contribution >= 4 is 17.4 Å². The predicted molar refractivity (Wildman–Crippen MR) is 122 cm³/mol. The molecule has 1 aliphatic carbocycles. The molecule has 1 atom stereocenters. The second-order valence-corrected chi connectivity index (χ2v) is 9.43. The molecular weight excluding hydrogens is 394 g/mol. The van der Waals surface area contributed by atoms with Gasteiger partial charge in [-0.3, -0.25) is 9.48 Å². The molecule has 8 heteroatoms. The lowest BCUT2D eigenvalue weighted by Gasteiger charge is -2.27. The fraction of sp³-hybridized carbons (Fsp3) is 0.652. The predicted octanol–water partition coefficient (Wildman–Crippen LogP) is 3.77. The summed E-state index contributed by atoms with van der Waals surface area (Å²) in [5.74, 6) is 0.821. The highest BCUT2D eigenvalue weighted by Crippen LogP contribution is 2.35. The van der Waals surface area contributed by atoms with Crippen LogP contribution in [-0.2, 0) is 11.3 Å².